The van der Waals surface area contributed by atoms with Gasteiger partial charge in [0.25, 0.3) is 0 Å². The molecule has 0 unspecified atom stereocenters. The van der Waals surface area contributed by atoms with E-state index in [0.717, 1.165) is 15.7 Å². The summed E-state index contributed by atoms with van der Waals surface area (Å²) in [6.45, 7) is 2.05. The Kier molecular flexibility index (Phi) is 2.52. The third-order valence-corrected chi connectivity index (χ3v) is 3.30. The maximum Gasteiger partial charge on any atom is 0.131 e. The molecule has 0 aliphatic heterocycles. The number of benzene rings is 1. The number of anilines is 1. The number of nitrogen functional groups attached to an aromatic ring is 1. The van der Waals surface area contributed by atoms with Crippen molar-refractivity contribution in [2.45, 2.75) is 6.92 Å². The summed E-state index contributed by atoms with van der Waals surface area (Å²) in [7, 11) is 1.89. The lowest BCUT2D eigenvalue weighted by atomic mass is 10.1. The highest BCUT2D eigenvalue weighted by Crippen LogP contribution is 2.27. The molecule has 0 amide bonds. The Balaban J connectivity index is 2.55. The van der Waals surface area contributed by atoms with Crippen molar-refractivity contribution in [1.82, 2.24) is 9.55 Å². The fourth-order valence-electron chi connectivity index (χ4n) is 1.45. The molecule has 0 atom stereocenters. The van der Waals surface area contributed by atoms with E-state index in [1.54, 1.807) is 6.33 Å². The topological polar surface area (TPSA) is 43.8 Å². The van der Waals surface area contributed by atoms with E-state index in [0.29, 0.717) is 5.82 Å². The lowest BCUT2D eigenvalue weighted by Crippen LogP contribution is -1.95. The Morgan fingerprint density at radius 3 is 2.67 bits per heavy atom. The van der Waals surface area contributed by atoms with E-state index in [-0.39, 0.29) is 0 Å². The maximum atomic E-state index is 5.91. The van der Waals surface area contributed by atoms with Gasteiger partial charge >= 0.3 is 0 Å². The van der Waals surface area contributed by atoms with Gasteiger partial charge in [-0.3, -0.25) is 0 Å². The standard InChI is InChI=1S/C11H12BrN3/c1-7-5-8(3-4-9(7)12)10-11(13)15(2)6-14-10/h3-6H,13H2,1-2H3. The molecule has 1 aromatic carbocycles. The molecule has 0 saturated heterocycles. The van der Waals surface area contributed by atoms with Crippen LogP contribution in [-0.4, -0.2) is 9.55 Å². The third kappa shape index (κ3) is 1.77. The zero-order valence-electron chi connectivity index (χ0n) is 8.66. The predicted octanol–water partition coefficient (Wildman–Crippen LogP) is 2.74. The fraction of sp³-hybridized carbons (Fsp3) is 0.182. The largest absolute Gasteiger partial charge is 0.383 e. The van der Waals surface area contributed by atoms with Gasteiger partial charge in [0.05, 0.1) is 6.33 Å². The van der Waals surface area contributed by atoms with Crippen molar-refractivity contribution in [2.24, 2.45) is 7.05 Å². The number of nitrogens with zero attached hydrogens (tertiary/aromatic N) is 2. The van der Waals surface area contributed by atoms with Crippen molar-refractivity contribution in [1.29, 1.82) is 0 Å². The summed E-state index contributed by atoms with van der Waals surface area (Å²) in [5.74, 6) is 0.691. The van der Waals surface area contributed by atoms with E-state index in [2.05, 4.69) is 27.0 Å². The van der Waals surface area contributed by atoms with Gasteiger partial charge in [0.2, 0.25) is 0 Å². The number of rotatable bonds is 1. The molecule has 0 spiro atoms. The zero-order chi connectivity index (χ0) is 11.0. The van der Waals surface area contributed by atoms with Crippen LogP contribution in [-0.2, 0) is 7.05 Å². The highest BCUT2D eigenvalue weighted by molar-refractivity contribution is 9.10. The van der Waals surface area contributed by atoms with Gasteiger partial charge in [-0.1, -0.05) is 22.0 Å². The second-order valence-corrected chi connectivity index (χ2v) is 4.41. The lowest BCUT2D eigenvalue weighted by molar-refractivity contribution is 0.925. The quantitative estimate of drug-likeness (QED) is 0.862. The molecule has 4 heteroatoms. The number of hydrogen-bond acceptors (Lipinski definition) is 2. The second-order valence-electron chi connectivity index (χ2n) is 3.55. The summed E-state index contributed by atoms with van der Waals surface area (Å²) in [6, 6.07) is 6.09. The molecular formula is C11H12BrN3. The van der Waals surface area contributed by atoms with Crippen LogP contribution in [0.3, 0.4) is 0 Å². The van der Waals surface area contributed by atoms with Gasteiger partial charge in [0.1, 0.15) is 11.5 Å². The highest BCUT2D eigenvalue weighted by atomic mass is 79.9. The molecule has 0 bridgehead atoms. The molecule has 3 nitrogen and oxygen atoms in total. The van der Waals surface area contributed by atoms with E-state index in [9.17, 15) is 0 Å². The van der Waals surface area contributed by atoms with E-state index in [1.165, 1.54) is 5.56 Å². The lowest BCUT2D eigenvalue weighted by Gasteiger charge is -2.03. The summed E-state index contributed by atoms with van der Waals surface area (Å²) in [5.41, 5.74) is 8.98. The summed E-state index contributed by atoms with van der Waals surface area (Å²) in [4.78, 5) is 4.28. The zero-order valence-corrected chi connectivity index (χ0v) is 10.2. The molecule has 0 saturated carbocycles. The van der Waals surface area contributed by atoms with Crippen LogP contribution < -0.4 is 5.73 Å². The first kappa shape index (κ1) is 10.2. The summed E-state index contributed by atoms with van der Waals surface area (Å²) >= 11 is 3.47. The van der Waals surface area contributed by atoms with Crippen molar-refractivity contribution < 1.29 is 0 Å². The smallest absolute Gasteiger partial charge is 0.131 e. The first-order chi connectivity index (χ1) is 7.09. The first-order valence-corrected chi connectivity index (χ1v) is 5.42. The molecule has 1 aromatic heterocycles. The molecule has 2 rings (SSSR count). The molecule has 0 fully saturated rings. The minimum absolute atomic E-state index is 0.691. The molecule has 0 aliphatic carbocycles. The van der Waals surface area contributed by atoms with Gasteiger partial charge in [-0.15, -0.1) is 0 Å². The van der Waals surface area contributed by atoms with Gasteiger partial charge in [-0.25, -0.2) is 4.98 Å². The monoisotopic (exact) mass is 265 g/mol. The van der Waals surface area contributed by atoms with Crippen LogP contribution in [0.5, 0.6) is 0 Å². The van der Waals surface area contributed by atoms with Crippen LogP contribution >= 0.6 is 15.9 Å². The molecule has 1 heterocycles. The van der Waals surface area contributed by atoms with Crippen molar-refractivity contribution in [3.8, 4) is 11.3 Å². The number of aromatic nitrogens is 2. The Morgan fingerprint density at radius 2 is 2.13 bits per heavy atom. The normalized spacial score (nSPS) is 10.6. The minimum atomic E-state index is 0.691. The van der Waals surface area contributed by atoms with Gasteiger partial charge in [0.15, 0.2) is 0 Å². The summed E-state index contributed by atoms with van der Waals surface area (Å²) in [6.07, 6.45) is 1.72. The van der Waals surface area contributed by atoms with Crippen LogP contribution in [0.2, 0.25) is 0 Å². The van der Waals surface area contributed by atoms with Crippen molar-refractivity contribution in [3.63, 3.8) is 0 Å². The van der Waals surface area contributed by atoms with Crippen molar-refractivity contribution in [2.75, 3.05) is 5.73 Å². The number of aryl methyl sites for hydroxylation is 2. The number of nitrogens with two attached hydrogens (primary N) is 1. The third-order valence-electron chi connectivity index (χ3n) is 2.41. The highest BCUT2D eigenvalue weighted by Gasteiger charge is 2.08. The van der Waals surface area contributed by atoms with Crippen LogP contribution in [0, 0.1) is 6.92 Å². The van der Waals surface area contributed by atoms with E-state index in [4.69, 9.17) is 5.73 Å². The number of hydrogen-bond donors (Lipinski definition) is 1. The molecule has 0 aliphatic rings. The van der Waals surface area contributed by atoms with Gasteiger partial charge in [-0.2, -0.15) is 0 Å². The Bertz CT molecular complexity index is 503. The van der Waals surface area contributed by atoms with Crippen LogP contribution in [0.15, 0.2) is 29.0 Å². The first-order valence-electron chi connectivity index (χ1n) is 4.63. The minimum Gasteiger partial charge on any atom is -0.383 e. The van der Waals surface area contributed by atoms with Crippen LogP contribution in [0.1, 0.15) is 5.56 Å². The van der Waals surface area contributed by atoms with Crippen molar-refractivity contribution >= 4 is 21.7 Å². The molecule has 2 N–H and O–H groups in total. The van der Waals surface area contributed by atoms with Gasteiger partial charge in [0, 0.05) is 17.1 Å². The Hall–Kier alpha value is -1.29. The van der Waals surface area contributed by atoms with Gasteiger partial charge < -0.3 is 10.3 Å². The average Bonchev–Trinajstić information content (AvgIpc) is 2.53. The molecule has 0 radical (unpaired) electrons. The summed E-state index contributed by atoms with van der Waals surface area (Å²) in [5, 5.41) is 0. The predicted molar refractivity (Wildman–Crippen MR) is 65.5 cm³/mol. The van der Waals surface area contributed by atoms with E-state index >= 15 is 0 Å². The van der Waals surface area contributed by atoms with Gasteiger partial charge in [-0.05, 0) is 24.6 Å². The SMILES string of the molecule is Cc1cc(-c2ncn(C)c2N)ccc1Br. The van der Waals surface area contributed by atoms with Crippen LogP contribution in [0.25, 0.3) is 11.3 Å². The second kappa shape index (κ2) is 3.70. The molecule has 15 heavy (non-hydrogen) atoms. The van der Waals surface area contributed by atoms with Crippen LogP contribution in [0.4, 0.5) is 5.82 Å². The fourth-order valence-corrected chi connectivity index (χ4v) is 1.70. The average molecular weight is 266 g/mol. The molecule has 2 aromatic rings. The number of halogens is 1. The van der Waals surface area contributed by atoms with E-state index < -0.39 is 0 Å². The molecular weight excluding hydrogens is 254 g/mol. The molecule has 78 valence electrons. The summed E-state index contributed by atoms with van der Waals surface area (Å²) < 4.78 is 2.91. The number of imidazole rings is 1. The van der Waals surface area contributed by atoms with E-state index in [1.807, 2.05) is 30.7 Å². The van der Waals surface area contributed by atoms with Crippen molar-refractivity contribution in [3.05, 3.63) is 34.6 Å². The maximum absolute atomic E-state index is 5.91. The Labute approximate surface area is 97.1 Å². The Morgan fingerprint density at radius 1 is 1.40 bits per heavy atom.